The highest BCUT2D eigenvalue weighted by Gasteiger charge is 2.35. The van der Waals surface area contributed by atoms with E-state index in [9.17, 15) is 24.0 Å². The standard InChI is InChI=1S/C34H33N5O5/c40-30(34(44)36-21-23-11-5-2-6-12-23)28(20-25-17-18-35-31(25)41)38-33(43)29(19-22-9-3-1-4-10-22)39-32(42)27-16-15-24-13-7-8-14-26(24)37-27/h1-16,25,28-29H,17-21H2,(H,35,41)(H,36,44)(H,38,43)(H,39,42)/t25-,28-,29-/m0/s1. The zero-order valence-electron chi connectivity index (χ0n) is 24.0. The second-order valence-electron chi connectivity index (χ2n) is 10.7. The van der Waals surface area contributed by atoms with Crippen molar-refractivity contribution in [1.82, 2.24) is 26.3 Å². The molecule has 2 heterocycles. The van der Waals surface area contributed by atoms with E-state index in [4.69, 9.17) is 0 Å². The Hall–Kier alpha value is -5.38. The van der Waals surface area contributed by atoms with Crippen molar-refractivity contribution in [3.63, 3.8) is 0 Å². The van der Waals surface area contributed by atoms with E-state index >= 15 is 0 Å². The van der Waals surface area contributed by atoms with Gasteiger partial charge in [0.1, 0.15) is 11.7 Å². The highest BCUT2D eigenvalue weighted by Crippen LogP contribution is 2.18. The van der Waals surface area contributed by atoms with Crippen LogP contribution >= 0.6 is 0 Å². The highest BCUT2D eigenvalue weighted by atomic mass is 16.2. The number of hydrogen-bond donors (Lipinski definition) is 4. The van der Waals surface area contributed by atoms with Crippen molar-refractivity contribution in [3.05, 3.63) is 114 Å². The van der Waals surface area contributed by atoms with Gasteiger partial charge in [0, 0.05) is 30.8 Å². The molecule has 0 bridgehead atoms. The van der Waals surface area contributed by atoms with Crippen molar-refractivity contribution in [1.29, 1.82) is 0 Å². The summed E-state index contributed by atoms with van der Waals surface area (Å²) in [6, 6.07) is 26.6. The molecule has 4 aromatic rings. The summed E-state index contributed by atoms with van der Waals surface area (Å²) in [4.78, 5) is 70.2. The summed E-state index contributed by atoms with van der Waals surface area (Å²) in [5.74, 6) is -3.74. The van der Waals surface area contributed by atoms with Gasteiger partial charge in [-0.1, -0.05) is 84.9 Å². The number of benzene rings is 3. The molecule has 0 aliphatic carbocycles. The Morgan fingerprint density at radius 3 is 2.18 bits per heavy atom. The molecule has 0 unspecified atom stereocenters. The Labute approximate surface area is 254 Å². The van der Waals surface area contributed by atoms with Crippen LogP contribution in [0.3, 0.4) is 0 Å². The van der Waals surface area contributed by atoms with E-state index in [1.807, 2.05) is 78.9 Å². The van der Waals surface area contributed by atoms with Crippen molar-refractivity contribution in [2.45, 2.75) is 37.9 Å². The van der Waals surface area contributed by atoms with Crippen LogP contribution in [0.25, 0.3) is 10.9 Å². The number of Topliss-reactive ketones (excluding diaryl/α,β-unsaturated/α-hetero) is 1. The normalized spacial score (nSPS) is 15.5. The minimum atomic E-state index is -1.28. The van der Waals surface area contributed by atoms with E-state index in [0.29, 0.717) is 18.5 Å². The first kappa shape index (κ1) is 30.1. The summed E-state index contributed by atoms with van der Waals surface area (Å²) in [5, 5.41) is 11.7. The molecule has 10 heteroatoms. The van der Waals surface area contributed by atoms with Crippen molar-refractivity contribution in [2.75, 3.05) is 6.54 Å². The summed E-state index contributed by atoms with van der Waals surface area (Å²) in [7, 11) is 0. The summed E-state index contributed by atoms with van der Waals surface area (Å²) < 4.78 is 0. The van der Waals surface area contributed by atoms with Crippen LogP contribution in [0.5, 0.6) is 0 Å². The van der Waals surface area contributed by atoms with E-state index in [-0.39, 0.29) is 31.0 Å². The maximum atomic E-state index is 13.8. The molecule has 0 radical (unpaired) electrons. The number of carbonyl (C=O) groups is 5. The number of rotatable bonds is 12. The molecule has 0 saturated carbocycles. The number of aromatic nitrogens is 1. The molecule has 4 amide bonds. The van der Waals surface area contributed by atoms with Crippen molar-refractivity contribution in [2.24, 2.45) is 5.92 Å². The summed E-state index contributed by atoms with van der Waals surface area (Å²) in [6.07, 6.45) is 0.548. The van der Waals surface area contributed by atoms with Crippen LogP contribution in [0.1, 0.15) is 34.5 Å². The molecule has 10 nitrogen and oxygen atoms in total. The number of pyridine rings is 1. The molecule has 44 heavy (non-hydrogen) atoms. The lowest BCUT2D eigenvalue weighted by Crippen LogP contribution is -2.55. The van der Waals surface area contributed by atoms with Crippen LogP contribution < -0.4 is 21.3 Å². The third-order valence-electron chi connectivity index (χ3n) is 7.57. The number of para-hydroxylation sites is 1. The summed E-state index contributed by atoms with van der Waals surface area (Å²) in [5.41, 5.74) is 2.34. The van der Waals surface area contributed by atoms with E-state index < -0.39 is 41.5 Å². The first-order valence-electron chi connectivity index (χ1n) is 14.5. The minimum Gasteiger partial charge on any atom is -0.356 e. The molecule has 0 spiro atoms. The molecule has 1 aromatic heterocycles. The van der Waals surface area contributed by atoms with Crippen LogP contribution in [0.4, 0.5) is 0 Å². The molecular formula is C34H33N5O5. The lowest BCUT2D eigenvalue weighted by Gasteiger charge is -2.24. The number of ketones is 1. The van der Waals surface area contributed by atoms with Gasteiger partial charge >= 0.3 is 0 Å². The molecule has 5 rings (SSSR count). The van der Waals surface area contributed by atoms with Crippen LogP contribution in [0.2, 0.25) is 0 Å². The fourth-order valence-corrected chi connectivity index (χ4v) is 5.17. The quantitative estimate of drug-likeness (QED) is 0.186. The maximum absolute atomic E-state index is 13.8. The average molecular weight is 592 g/mol. The zero-order chi connectivity index (χ0) is 30.9. The Morgan fingerprint density at radius 1 is 0.795 bits per heavy atom. The van der Waals surface area contributed by atoms with Gasteiger partial charge in [0.05, 0.1) is 11.6 Å². The third kappa shape index (κ3) is 7.71. The predicted molar refractivity (Wildman–Crippen MR) is 164 cm³/mol. The number of nitrogens with one attached hydrogen (secondary N) is 4. The second-order valence-corrected chi connectivity index (χ2v) is 10.7. The molecule has 1 aliphatic rings. The van der Waals surface area contributed by atoms with E-state index in [0.717, 1.165) is 16.5 Å². The van der Waals surface area contributed by atoms with Crippen LogP contribution in [0, 0.1) is 5.92 Å². The molecular weight excluding hydrogens is 558 g/mol. The van der Waals surface area contributed by atoms with Gasteiger partial charge in [-0.25, -0.2) is 4.98 Å². The fourth-order valence-electron chi connectivity index (χ4n) is 5.17. The largest absolute Gasteiger partial charge is 0.356 e. The fraction of sp³-hybridized carbons (Fsp3) is 0.235. The van der Waals surface area contributed by atoms with Gasteiger partial charge < -0.3 is 21.3 Å². The topological polar surface area (TPSA) is 146 Å². The average Bonchev–Trinajstić information content (AvgIpc) is 3.46. The molecule has 3 atom stereocenters. The van der Waals surface area contributed by atoms with E-state index in [1.165, 1.54) is 0 Å². The van der Waals surface area contributed by atoms with Gasteiger partial charge in [0.2, 0.25) is 17.6 Å². The van der Waals surface area contributed by atoms with Crippen molar-refractivity contribution < 1.29 is 24.0 Å². The smallest absolute Gasteiger partial charge is 0.289 e. The minimum absolute atomic E-state index is 0.0482. The zero-order valence-corrected chi connectivity index (χ0v) is 24.0. The van der Waals surface area contributed by atoms with Crippen molar-refractivity contribution >= 4 is 40.3 Å². The number of hydrogen-bond acceptors (Lipinski definition) is 6. The van der Waals surface area contributed by atoms with Gasteiger partial charge in [-0.05, 0) is 36.1 Å². The number of nitrogens with zero attached hydrogens (tertiary/aromatic N) is 1. The number of amides is 4. The Bertz CT molecular complexity index is 1660. The first-order chi connectivity index (χ1) is 21.4. The van der Waals surface area contributed by atoms with Gasteiger partial charge in [-0.2, -0.15) is 0 Å². The Kier molecular flexibility index (Phi) is 9.71. The van der Waals surface area contributed by atoms with Crippen LogP contribution in [-0.2, 0) is 32.1 Å². The van der Waals surface area contributed by atoms with E-state index in [1.54, 1.807) is 18.2 Å². The molecule has 4 N–H and O–H groups in total. The Morgan fingerprint density at radius 2 is 1.48 bits per heavy atom. The van der Waals surface area contributed by atoms with Crippen molar-refractivity contribution in [3.8, 4) is 0 Å². The number of carbonyl (C=O) groups excluding carboxylic acids is 5. The molecule has 1 saturated heterocycles. The van der Waals surface area contributed by atoms with E-state index in [2.05, 4.69) is 26.3 Å². The van der Waals surface area contributed by atoms with Crippen LogP contribution in [-0.4, -0.2) is 53.0 Å². The highest BCUT2D eigenvalue weighted by molar-refractivity contribution is 6.38. The second kappa shape index (κ2) is 14.2. The Balaban J connectivity index is 1.35. The maximum Gasteiger partial charge on any atom is 0.289 e. The lowest BCUT2D eigenvalue weighted by molar-refractivity contribution is -0.141. The molecule has 1 fully saturated rings. The predicted octanol–water partition coefficient (Wildman–Crippen LogP) is 2.47. The van der Waals surface area contributed by atoms with Gasteiger partial charge in [0.15, 0.2) is 0 Å². The van der Waals surface area contributed by atoms with Gasteiger partial charge in [-0.15, -0.1) is 0 Å². The van der Waals surface area contributed by atoms with Gasteiger partial charge in [-0.3, -0.25) is 24.0 Å². The SMILES string of the molecule is O=C(NCc1ccccc1)C(=O)[C@H](C[C@@H]1CCNC1=O)NC(=O)[C@H](Cc1ccccc1)NC(=O)c1ccc2ccccc2n1. The third-order valence-corrected chi connectivity index (χ3v) is 7.57. The molecule has 1 aliphatic heterocycles. The monoisotopic (exact) mass is 591 g/mol. The molecule has 224 valence electrons. The van der Waals surface area contributed by atoms with Gasteiger partial charge in [0.25, 0.3) is 11.8 Å². The summed E-state index contributed by atoms with van der Waals surface area (Å²) >= 11 is 0. The molecule has 3 aromatic carbocycles. The first-order valence-corrected chi connectivity index (χ1v) is 14.5. The lowest BCUT2D eigenvalue weighted by atomic mass is 9.94. The van der Waals surface area contributed by atoms with Crippen LogP contribution in [0.15, 0.2) is 97.1 Å². The number of fused-ring (bicyclic) bond motifs is 1. The summed E-state index contributed by atoms with van der Waals surface area (Å²) in [6.45, 7) is 0.575.